The maximum atomic E-state index is 5.71. The summed E-state index contributed by atoms with van der Waals surface area (Å²) in [4.78, 5) is 2.29. The van der Waals surface area contributed by atoms with Gasteiger partial charge in [0.15, 0.2) is 0 Å². The van der Waals surface area contributed by atoms with E-state index >= 15 is 0 Å². The standard InChI is InChI=1S/C15H17BrN2/c16-14-7-4-8-15(11-14)18(10-9-17)12-13-5-2-1-3-6-13/h1-8,11H,9-10,12,17H2. The molecule has 0 spiro atoms. The van der Waals surface area contributed by atoms with Crippen molar-refractivity contribution in [3.05, 3.63) is 64.6 Å². The van der Waals surface area contributed by atoms with E-state index in [-0.39, 0.29) is 0 Å². The van der Waals surface area contributed by atoms with Crippen LogP contribution in [-0.2, 0) is 6.54 Å². The molecule has 0 bridgehead atoms. The normalized spacial score (nSPS) is 10.3. The zero-order valence-corrected chi connectivity index (χ0v) is 11.8. The van der Waals surface area contributed by atoms with E-state index in [0.29, 0.717) is 6.54 Å². The Morgan fingerprint density at radius 2 is 1.78 bits per heavy atom. The van der Waals surface area contributed by atoms with Gasteiger partial charge in [-0.15, -0.1) is 0 Å². The fourth-order valence-electron chi connectivity index (χ4n) is 1.93. The molecule has 0 saturated heterocycles. The molecule has 0 fully saturated rings. The molecule has 18 heavy (non-hydrogen) atoms. The minimum atomic E-state index is 0.652. The fourth-order valence-corrected chi connectivity index (χ4v) is 2.32. The topological polar surface area (TPSA) is 29.3 Å². The molecule has 0 aliphatic heterocycles. The third kappa shape index (κ3) is 3.59. The second-order valence-electron chi connectivity index (χ2n) is 4.18. The monoisotopic (exact) mass is 304 g/mol. The quantitative estimate of drug-likeness (QED) is 0.917. The lowest BCUT2D eigenvalue weighted by Crippen LogP contribution is -2.28. The lowest BCUT2D eigenvalue weighted by Gasteiger charge is -2.24. The van der Waals surface area contributed by atoms with Gasteiger partial charge in [0.1, 0.15) is 0 Å². The predicted molar refractivity (Wildman–Crippen MR) is 80.7 cm³/mol. The van der Waals surface area contributed by atoms with Crippen LogP contribution in [0.5, 0.6) is 0 Å². The number of nitrogens with zero attached hydrogens (tertiary/aromatic N) is 1. The molecule has 0 aliphatic rings. The highest BCUT2D eigenvalue weighted by Gasteiger charge is 2.06. The highest BCUT2D eigenvalue weighted by molar-refractivity contribution is 9.10. The maximum Gasteiger partial charge on any atom is 0.0430 e. The van der Waals surface area contributed by atoms with Crippen molar-refractivity contribution < 1.29 is 0 Å². The van der Waals surface area contributed by atoms with E-state index < -0.39 is 0 Å². The molecule has 0 aliphatic carbocycles. The van der Waals surface area contributed by atoms with E-state index in [0.717, 1.165) is 17.6 Å². The molecule has 2 N–H and O–H groups in total. The van der Waals surface area contributed by atoms with Crippen molar-refractivity contribution in [3.8, 4) is 0 Å². The molecule has 0 atom stereocenters. The van der Waals surface area contributed by atoms with Gasteiger partial charge in [0.05, 0.1) is 0 Å². The molecule has 2 rings (SSSR count). The highest BCUT2D eigenvalue weighted by atomic mass is 79.9. The summed E-state index contributed by atoms with van der Waals surface area (Å²) in [6.07, 6.45) is 0. The fraction of sp³-hybridized carbons (Fsp3) is 0.200. The summed E-state index contributed by atoms with van der Waals surface area (Å²) in [6, 6.07) is 18.8. The van der Waals surface area contributed by atoms with Crippen molar-refractivity contribution in [2.75, 3.05) is 18.0 Å². The van der Waals surface area contributed by atoms with Crippen molar-refractivity contribution in [2.24, 2.45) is 5.73 Å². The SMILES string of the molecule is NCCN(Cc1ccccc1)c1cccc(Br)c1. The van der Waals surface area contributed by atoms with Gasteiger partial charge in [-0.05, 0) is 23.8 Å². The first-order valence-corrected chi connectivity index (χ1v) is 6.83. The third-order valence-electron chi connectivity index (χ3n) is 2.79. The lowest BCUT2D eigenvalue weighted by molar-refractivity contribution is 0.790. The van der Waals surface area contributed by atoms with Crippen LogP contribution in [0.15, 0.2) is 59.1 Å². The molecule has 2 nitrogen and oxygen atoms in total. The molecule has 0 saturated carbocycles. The van der Waals surface area contributed by atoms with Crippen LogP contribution in [0.1, 0.15) is 5.56 Å². The van der Waals surface area contributed by atoms with Crippen LogP contribution in [0.25, 0.3) is 0 Å². The highest BCUT2D eigenvalue weighted by Crippen LogP contribution is 2.21. The molecule has 2 aromatic carbocycles. The van der Waals surface area contributed by atoms with Crippen LogP contribution in [0.4, 0.5) is 5.69 Å². The van der Waals surface area contributed by atoms with Crippen molar-refractivity contribution in [2.45, 2.75) is 6.54 Å². The minimum absolute atomic E-state index is 0.652. The molecule has 2 aromatic rings. The Morgan fingerprint density at radius 1 is 1.00 bits per heavy atom. The smallest absolute Gasteiger partial charge is 0.0430 e. The summed E-state index contributed by atoms with van der Waals surface area (Å²) in [6.45, 7) is 2.39. The summed E-state index contributed by atoms with van der Waals surface area (Å²) < 4.78 is 1.09. The second-order valence-corrected chi connectivity index (χ2v) is 5.09. The Bertz CT molecular complexity index is 485. The first kappa shape index (κ1) is 13.1. The van der Waals surface area contributed by atoms with E-state index in [4.69, 9.17) is 5.73 Å². The summed E-state index contributed by atoms with van der Waals surface area (Å²) in [5.41, 5.74) is 8.20. The van der Waals surface area contributed by atoms with Crippen molar-refractivity contribution in [1.29, 1.82) is 0 Å². The molecule has 0 aromatic heterocycles. The van der Waals surface area contributed by atoms with Crippen LogP contribution < -0.4 is 10.6 Å². The molecule has 0 amide bonds. The average molecular weight is 305 g/mol. The maximum absolute atomic E-state index is 5.71. The van der Waals surface area contributed by atoms with Gasteiger partial charge >= 0.3 is 0 Å². The Kier molecular flexibility index (Phi) is 4.79. The van der Waals surface area contributed by atoms with E-state index in [1.54, 1.807) is 0 Å². The first-order chi connectivity index (χ1) is 8.79. The lowest BCUT2D eigenvalue weighted by atomic mass is 10.2. The average Bonchev–Trinajstić information content (AvgIpc) is 2.39. The van der Waals surface area contributed by atoms with Crippen molar-refractivity contribution in [3.63, 3.8) is 0 Å². The van der Waals surface area contributed by atoms with E-state index in [9.17, 15) is 0 Å². The van der Waals surface area contributed by atoms with Gasteiger partial charge in [0.25, 0.3) is 0 Å². The first-order valence-electron chi connectivity index (χ1n) is 6.04. The van der Waals surface area contributed by atoms with E-state index in [1.807, 2.05) is 18.2 Å². The molecule has 3 heteroatoms. The summed E-state index contributed by atoms with van der Waals surface area (Å²) in [5, 5.41) is 0. The number of hydrogen-bond acceptors (Lipinski definition) is 2. The van der Waals surface area contributed by atoms with Crippen LogP contribution in [0, 0.1) is 0 Å². The summed E-state index contributed by atoms with van der Waals surface area (Å²) in [5.74, 6) is 0. The predicted octanol–water partition coefficient (Wildman–Crippen LogP) is 3.41. The molecule has 0 radical (unpaired) electrons. The van der Waals surface area contributed by atoms with Crippen LogP contribution in [0.2, 0.25) is 0 Å². The Morgan fingerprint density at radius 3 is 2.44 bits per heavy atom. The third-order valence-corrected chi connectivity index (χ3v) is 3.28. The van der Waals surface area contributed by atoms with Gasteiger partial charge < -0.3 is 10.6 Å². The number of nitrogens with two attached hydrogens (primary N) is 1. The number of halogens is 1. The van der Waals surface area contributed by atoms with Gasteiger partial charge in [-0.25, -0.2) is 0 Å². The van der Waals surface area contributed by atoms with Crippen molar-refractivity contribution in [1.82, 2.24) is 0 Å². The van der Waals surface area contributed by atoms with E-state index in [2.05, 4.69) is 57.2 Å². The van der Waals surface area contributed by atoms with E-state index in [1.165, 1.54) is 11.3 Å². The van der Waals surface area contributed by atoms with Gasteiger partial charge in [-0.1, -0.05) is 52.3 Å². The number of hydrogen-bond donors (Lipinski definition) is 1. The van der Waals surface area contributed by atoms with Crippen molar-refractivity contribution >= 4 is 21.6 Å². The van der Waals surface area contributed by atoms with Crippen LogP contribution in [-0.4, -0.2) is 13.1 Å². The summed E-state index contributed by atoms with van der Waals surface area (Å²) in [7, 11) is 0. The molecular weight excluding hydrogens is 288 g/mol. The summed E-state index contributed by atoms with van der Waals surface area (Å²) >= 11 is 3.51. The Balaban J connectivity index is 2.18. The van der Waals surface area contributed by atoms with Gasteiger partial charge in [-0.2, -0.15) is 0 Å². The van der Waals surface area contributed by atoms with Gasteiger partial charge in [-0.3, -0.25) is 0 Å². The van der Waals surface area contributed by atoms with Crippen LogP contribution >= 0.6 is 15.9 Å². The Hall–Kier alpha value is -1.32. The Labute approximate surface area is 117 Å². The van der Waals surface area contributed by atoms with Gasteiger partial charge in [0, 0.05) is 29.8 Å². The zero-order chi connectivity index (χ0) is 12.8. The largest absolute Gasteiger partial charge is 0.366 e. The van der Waals surface area contributed by atoms with Crippen LogP contribution in [0.3, 0.4) is 0 Å². The molecule has 0 unspecified atom stereocenters. The zero-order valence-electron chi connectivity index (χ0n) is 10.2. The molecule has 94 valence electrons. The second kappa shape index (κ2) is 6.57. The minimum Gasteiger partial charge on any atom is -0.366 e. The number of rotatable bonds is 5. The molecule has 0 heterocycles. The number of anilines is 1. The number of benzene rings is 2. The van der Waals surface area contributed by atoms with Gasteiger partial charge in [0.2, 0.25) is 0 Å². The molecular formula is C15H17BrN2.